The zero-order valence-corrected chi connectivity index (χ0v) is 25.1. The van der Waals surface area contributed by atoms with Crippen LogP contribution in [-0.4, -0.2) is 57.8 Å². The molecule has 5 aliphatic rings. The molecule has 1 aliphatic heterocycles. The second-order valence-corrected chi connectivity index (χ2v) is 13.5. The standard InChI is InChI=1S/C35H36FNO8/c1-32-13-12-23(39)14-21(32)10-11-25-26-16-29-35(28(41)18-38,33(26,2)17-27(40)34(25,32)36)45-31(44-29)20-8-6-19(7-9-20)30(42)43-24-5-3-4-22(37)15-24/h3-9,12-15,25-27,29,31,38,40H,10-11,16-18,37H2,1-2H3/t25-,26-,27-,29+,31-,32-,33-,34-,35+/m0/s1. The minimum absolute atomic E-state index is 0.0948. The van der Waals surface area contributed by atoms with E-state index < -0.39 is 70.8 Å². The van der Waals surface area contributed by atoms with Gasteiger partial charge in [0.15, 0.2) is 29.1 Å². The summed E-state index contributed by atoms with van der Waals surface area (Å²) in [5, 5.41) is 21.9. The molecule has 9 nitrogen and oxygen atoms in total. The highest BCUT2D eigenvalue weighted by molar-refractivity contribution is 6.01. The lowest BCUT2D eigenvalue weighted by Gasteiger charge is -2.62. The van der Waals surface area contributed by atoms with Crippen molar-refractivity contribution in [1.29, 1.82) is 0 Å². The van der Waals surface area contributed by atoms with Crippen LogP contribution in [0.25, 0.3) is 0 Å². The van der Waals surface area contributed by atoms with Crippen LogP contribution in [0.1, 0.15) is 61.7 Å². The fourth-order valence-electron chi connectivity index (χ4n) is 9.24. The van der Waals surface area contributed by atoms with Crippen molar-refractivity contribution >= 4 is 23.2 Å². The van der Waals surface area contributed by atoms with Crippen molar-refractivity contribution in [2.24, 2.45) is 22.7 Å². The zero-order valence-electron chi connectivity index (χ0n) is 25.1. The Hall–Kier alpha value is -3.70. The predicted molar refractivity (Wildman–Crippen MR) is 160 cm³/mol. The number of ketones is 2. The number of nitrogen functional groups attached to an aromatic ring is 1. The summed E-state index contributed by atoms with van der Waals surface area (Å²) >= 11 is 0. The fourth-order valence-corrected chi connectivity index (χ4v) is 9.24. The van der Waals surface area contributed by atoms with E-state index in [2.05, 4.69) is 0 Å². The lowest BCUT2D eigenvalue weighted by Crippen LogP contribution is -2.69. The van der Waals surface area contributed by atoms with Gasteiger partial charge in [-0.1, -0.05) is 36.8 Å². The summed E-state index contributed by atoms with van der Waals surface area (Å²) in [6, 6.07) is 12.9. The van der Waals surface area contributed by atoms with Gasteiger partial charge in [0.05, 0.1) is 17.8 Å². The Labute approximate surface area is 259 Å². The van der Waals surface area contributed by atoms with Gasteiger partial charge in [-0.15, -0.1) is 0 Å². The highest BCUT2D eigenvalue weighted by atomic mass is 19.1. The first-order chi connectivity index (χ1) is 21.4. The Morgan fingerprint density at radius 3 is 2.60 bits per heavy atom. The van der Waals surface area contributed by atoms with Gasteiger partial charge in [0, 0.05) is 34.1 Å². The number of benzene rings is 2. The number of hydrogen-bond donors (Lipinski definition) is 3. The first kappa shape index (κ1) is 30.0. The number of aliphatic hydroxyl groups excluding tert-OH is 2. The zero-order chi connectivity index (χ0) is 31.9. The number of Topliss-reactive ketones (excluding diaryl/α,β-unsaturated/α-hetero) is 1. The van der Waals surface area contributed by atoms with Gasteiger partial charge < -0.3 is 30.2 Å². The highest BCUT2D eigenvalue weighted by Crippen LogP contribution is 2.72. The van der Waals surface area contributed by atoms with E-state index in [1.807, 2.05) is 6.92 Å². The number of aliphatic hydroxyl groups is 2. The van der Waals surface area contributed by atoms with Crippen LogP contribution in [0, 0.1) is 22.7 Å². The number of halogens is 1. The number of hydrogen-bond acceptors (Lipinski definition) is 9. The Balaban J connectivity index is 1.17. The third kappa shape index (κ3) is 4.02. The number of anilines is 1. The van der Waals surface area contributed by atoms with Crippen LogP contribution in [0.2, 0.25) is 0 Å². The SMILES string of the molecule is C[C@]12C=CC(=O)C=C1CC[C@H]1[C@@H]3C[C@H]4O[C@H](c5ccc(C(=O)Oc6cccc(N)c6)cc5)O[C@@]4(C(=O)CO)[C@@]3(C)C[C@H](O)[C@@]12F. The molecule has 2 aromatic carbocycles. The molecule has 4 aliphatic carbocycles. The molecular weight excluding hydrogens is 581 g/mol. The van der Waals surface area contributed by atoms with Crippen LogP contribution in [0.15, 0.2) is 72.3 Å². The van der Waals surface area contributed by atoms with E-state index >= 15 is 4.39 Å². The van der Waals surface area contributed by atoms with Crippen molar-refractivity contribution in [2.45, 2.75) is 69.3 Å². The van der Waals surface area contributed by atoms with Crippen LogP contribution < -0.4 is 10.5 Å². The number of fused-ring (bicyclic) bond motifs is 7. The van der Waals surface area contributed by atoms with Gasteiger partial charge in [-0.2, -0.15) is 0 Å². The Morgan fingerprint density at radius 1 is 1.13 bits per heavy atom. The second kappa shape index (κ2) is 10.2. The van der Waals surface area contributed by atoms with E-state index in [0.717, 1.165) is 0 Å². The van der Waals surface area contributed by atoms with E-state index in [4.69, 9.17) is 19.9 Å². The molecule has 1 saturated heterocycles. The molecule has 0 unspecified atom stereocenters. The molecular formula is C35H36FNO8. The number of carbonyl (C=O) groups is 3. The summed E-state index contributed by atoms with van der Waals surface area (Å²) in [6.45, 7) is 2.77. The molecule has 0 amide bonds. The largest absolute Gasteiger partial charge is 0.423 e. The number of allylic oxidation sites excluding steroid dienone is 4. The number of esters is 1. The van der Waals surface area contributed by atoms with Crippen LogP contribution in [-0.2, 0) is 19.1 Å². The van der Waals surface area contributed by atoms with Gasteiger partial charge >= 0.3 is 5.97 Å². The molecule has 45 heavy (non-hydrogen) atoms. The van der Waals surface area contributed by atoms with Crippen LogP contribution in [0.3, 0.4) is 0 Å². The van der Waals surface area contributed by atoms with Crippen molar-refractivity contribution in [1.82, 2.24) is 0 Å². The van der Waals surface area contributed by atoms with E-state index in [1.54, 1.807) is 61.5 Å². The topological polar surface area (TPSA) is 145 Å². The van der Waals surface area contributed by atoms with Crippen molar-refractivity contribution in [3.8, 4) is 5.75 Å². The van der Waals surface area contributed by atoms with Gasteiger partial charge in [-0.25, -0.2) is 9.18 Å². The molecule has 0 spiro atoms. The Morgan fingerprint density at radius 2 is 1.89 bits per heavy atom. The maximum absolute atomic E-state index is 17.5. The molecule has 7 rings (SSSR count). The molecule has 10 heteroatoms. The summed E-state index contributed by atoms with van der Waals surface area (Å²) in [5.41, 5.74) is 1.80. The summed E-state index contributed by atoms with van der Waals surface area (Å²) in [4.78, 5) is 38.6. The number of nitrogens with two attached hydrogens (primary N) is 1. The minimum atomic E-state index is -2.07. The van der Waals surface area contributed by atoms with Crippen molar-refractivity contribution < 1.29 is 43.2 Å². The third-order valence-corrected chi connectivity index (χ3v) is 11.4. The average molecular weight is 618 g/mol. The van der Waals surface area contributed by atoms with E-state index in [9.17, 15) is 24.6 Å². The van der Waals surface area contributed by atoms with Crippen LogP contribution >= 0.6 is 0 Å². The Bertz CT molecular complexity index is 1650. The van der Waals surface area contributed by atoms with Crippen molar-refractivity contribution in [3.05, 3.63) is 83.5 Å². The first-order valence-electron chi connectivity index (χ1n) is 15.3. The maximum atomic E-state index is 17.5. The number of ether oxygens (including phenoxy) is 3. The van der Waals surface area contributed by atoms with Gasteiger partial charge in [-0.05, 0) is 74.9 Å². The lowest BCUT2D eigenvalue weighted by molar-refractivity contribution is -0.231. The predicted octanol–water partition coefficient (Wildman–Crippen LogP) is 4.18. The molecule has 9 atom stereocenters. The van der Waals surface area contributed by atoms with Crippen LogP contribution in [0.4, 0.5) is 10.1 Å². The van der Waals surface area contributed by atoms with Gasteiger partial charge in [0.2, 0.25) is 0 Å². The van der Waals surface area contributed by atoms with Gasteiger partial charge in [0.1, 0.15) is 12.4 Å². The molecule has 4 N–H and O–H groups in total. The van der Waals surface area contributed by atoms with E-state index in [0.29, 0.717) is 41.8 Å². The maximum Gasteiger partial charge on any atom is 0.343 e. The summed E-state index contributed by atoms with van der Waals surface area (Å²) in [6.07, 6.45) is 2.26. The molecule has 3 saturated carbocycles. The third-order valence-electron chi connectivity index (χ3n) is 11.4. The minimum Gasteiger partial charge on any atom is -0.423 e. The van der Waals surface area contributed by atoms with Crippen LogP contribution in [0.5, 0.6) is 5.75 Å². The quantitative estimate of drug-likeness (QED) is 0.256. The second-order valence-electron chi connectivity index (χ2n) is 13.5. The van der Waals surface area contributed by atoms with Crippen molar-refractivity contribution in [2.75, 3.05) is 12.3 Å². The van der Waals surface area contributed by atoms with E-state index in [-0.39, 0.29) is 17.8 Å². The molecule has 0 aromatic heterocycles. The molecule has 2 aromatic rings. The molecule has 236 valence electrons. The van der Waals surface area contributed by atoms with Gasteiger partial charge in [-0.3, -0.25) is 9.59 Å². The fraction of sp³-hybridized carbons (Fsp3) is 0.457. The molecule has 1 heterocycles. The van der Waals surface area contributed by atoms with Crippen molar-refractivity contribution in [3.63, 3.8) is 0 Å². The molecule has 0 radical (unpaired) electrons. The van der Waals surface area contributed by atoms with Gasteiger partial charge in [0.25, 0.3) is 0 Å². The lowest BCUT2D eigenvalue weighted by atomic mass is 9.44. The normalized spacial score (nSPS) is 39.7. The average Bonchev–Trinajstić information content (AvgIpc) is 3.51. The smallest absolute Gasteiger partial charge is 0.343 e. The highest BCUT2D eigenvalue weighted by Gasteiger charge is 2.79. The summed E-state index contributed by atoms with van der Waals surface area (Å²) < 4.78 is 35.9. The first-order valence-corrected chi connectivity index (χ1v) is 15.3. The number of carbonyl (C=O) groups excluding carboxylic acids is 3. The number of rotatable bonds is 5. The monoisotopic (exact) mass is 617 g/mol. The summed E-state index contributed by atoms with van der Waals surface area (Å²) in [7, 11) is 0. The molecule has 0 bridgehead atoms. The summed E-state index contributed by atoms with van der Waals surface area (Å²) in [5.74, 6) is -2.09. The number of alkyl halides is 1. The Kier molecular flexibility index (Phi) is 6.76. The molecule has 4 fully saturated rings. The van der Waals surface area contributed by atoms with E-state index in [1.165, 1.54) is 12.2 Å².